The van der Waals surface area contributed by atoms with Crippen molar-refractivity contribution in [3.05, 3.63) is 35.4 Å². The predicted molar refractivity (Wildman–Crippen MR) is 83.3 cm³/mol. The second-order valence-corrected chi connectivity index (χ2v) is 6.48. The number of hydrogen-bond donors (Lipinski definition) is 1. The number of carbonyl (C=O) groups is 4. The molecule has 124 valence electrons. The molecule has 1 spiro atoms. The molecule has 24 heavy (non-hydrogen) atoms. The number of benzene rings is 1. The van der Waals surface area contributed by atoms with Crippen molar-refractivity contribution in [2.75, 3.05) is 13.1 Å². The lowest BCUT2D eigenvalue weighted by molar-refractivity contribution is -0.131. The Balaban J connectivity index is 1.48. The molecule has 1 aromatic rings. The summed E-state index contributed by atoms with van der Waals surface area (Å²) in [4.78, 5) is 51.6. The lowest BCUT2D eigenvalue weighted by Gasteiger charge is -2.21. The monoisotopic (exact) mass is 327 g/mol. The molecular formula is C17H17N3O4. The minimum Gasteiger partial charge on any atom is -0.323 e. The van der Waals surface area contributed by atoms with Crippen LogP contribution in [-0.4, -0.2) is 52.2 Å². The number of urea groups is 1. The average molecular weight is 327 g/mol. The zero-order valence-electron chi connectivity index (χ0n) is 13.1. The number of amides is 5. The van der Waals surface area contributed by atoms with Gasteiger partial charge in [0.2, 0.25) is 0 Å². The molecule has 1 aromatic carbocycles. The van der Waals surface area contributed by atoms with E-state index in [-0.39, 0.29) is 30.8 Å². The molecule has 0 radical (unpaired) electrons. The van der Waals surface area contributed by atoms with Crippen molar-refractivity contribution in [3.63, 3.8) is 0 Å². The fraction of sp³-hybridized carbons (Fsp3) is 0.412. The Bertz CT molecular complexity index is 732. The smallest absolute Gasteiger partial charge is 0.323 e. The van der Waals surface area contributed by atoms with Gasteiger partial charge in [0.1, 0.15) is 5.54 Å². The fourth-order valence-electron chi connectivity index (χ4n) is 3.84. The Morgan fingerprint density at radius 2 is 1.42 bits per heavy atom. The van der Waals surface area contributed by atoms with E-state index < -0.39 is 11.6 Å². The normalized spacial score (nSPS) is 21.8. The van der Waals surface area contributed by atoms with Gasteiger partial charge in [0.05, 0.1) is 11.1 Å². The summed E-state index contributed by atoms with van der Waals surface area (Å²) < 4.78 is 0. The molecule has 1 saturated carbocycles. The van der Waals surface area contributed by atoms with E-state index in [9.17, 15) is 19.2 Å². The van der Waals surface area contributed by atoms with Gasteiger partial charge in [-0.3, -0.25) is 24.2 Å². The van der Waals surface area contributed by atoms with E-state index in [4.69, 9.17) is 0 Å². The van der Waals surface area contributed by atoms with Crippen LogP contribution >= 0.6 is 0 Å². The summed E-state index contributed by atoms with van der Waals surface area (Å²) >= 11 is 0. The van der Waals surface area contributed by atoms with E-state index in [0.717, 1.165) is 22.6 Å². The zero-order valence-corrected chi connectivity index (χ0v) is 13.1. The van der Waals surface area contributed by atoms with E-state index >= 15 is 0 Å². The zero-order chi connectivity index (χ0) is 16.9. The molecule has 5 amide bonds. The maximum Gasteiger partial charge on any atom is 0.325 e. The molecule has 7 nitrogen and oxygen atoms in total. The van der Waals surface area contributed by atoms with E-state index in [1.165, 1.54) is 0 Å². The number of nitrogens with zero attached hydrogens (tertiary/aromatic N) is 2. The Kier molecular flexibility index (Phi) is 3.19. The van der Waals surface area contributed by atoms with Crippen LogP contribution in [0.2, 0.25) is 0 Å². The maximum atomic E-state index is 12.6. The van der Waals surface area contributed by atoms with E-state index in [1.54, 1.807) is 24.3 Å². The number of fused-ring (bicyclic) bond motifs is 1. The van der Waals surface area contributed by atoms with Crippen LogP contribution in [0.1, 0.15) is 46.4 Å². The molecule has 0 bridgehead atoms. The summed E-state index contributed by atoms with van der Waals surface area (Å²) in [6.07, 6.45) is 3.14. The van der Waals surface area contributed by atoms with Crippen molar-refractivity contribution < 1.29 is 19.2 Å². The highest BCUT2D eigenvalue weighted by atomic mass is 16.2. The van der Waals surface area contributed by atoms with Gasteiger partial charge in [-0.15, -0.1) is 0 Å². The molecule has 2 heterocycles. The summed E-state index contributed by atoms with van der Waals surface area (Å²) in [6.45, 7) is 0.0411. The molecule has 1 aliphatic carbocycles. The molecule has 3 aliphatic rings. The van der Waals surface area contributed by atoms with Gasteiger partial charge in [-0.2, -0.15) is 0 Å². The quantitative estimate of drug-likeness (QED) is 0.666. The van der Waals surface area contributed by atoms with Gasteiger partial charge in [0.25, 0.3) is 17.7 Å². The van der Waals surface area contributed by atoms with Crippen LogP contribution in [-0.2, 0) is 4.79 Å². The second kappa shape index (κ2) is 5.15. The molecule has 0 unspecified atom stereocenters. The molecule has 7 heteroatoms. The number of nitrogens with one attached hydrogen (secondary N) is 1. The molecular weight excluding hydrogens is 310 g/mol. The second-order valence-electron chi connectivity index (χ2n) is 6.48. The van der Waals surface area contributed by atoms with Crippen LogP contribution in [0.4, 0.5) is 4.79 Å². The predicted octanol–water partition coefficient (Wildman–Crippen LogP) is 1.15. The first-order valence-electron chi connectivity index (χ1n) is 8.13. The Morgan fingerprint density at radius 1 is 0.875 bits per heavy atom. The maximum absolute atomic E-state index is 12.6. The first-order valence-corrected chi connectivity index (χ1v) is 8.13. The number of carbonyl (C=O) groups excluding carboxylic acids is 4. The average Bonchev–Trinajstić information content (AvgIpc) is 3.21. The van der Waals surface area contributed by atoms with E-state index in [1.807, 2.05) is 0 Å². The van der Waals surface area contributed by atoms with Crippen molar-refractivity contribution in [2.45, 2.75) is 31.2 Å². The van der Waals surface area contributed by atoms with Crippen LogP contribution in [0, 0.1) is 0 Å². The number of hydrogen-bond acceptors (Lipinski definition) is 4. The van der Waals surface area contributed by atoms with E-state index in [2.05, 4.69) is 5.32 Å². The summed E-state index contributed by atoms with van der Waals surface area (Å²) in [7, 11) is 0. The first-order chi connectivity index (χ1) is 11.5. The van der Waals surface area contributed by atoms with Crippen LogP contribution in [0.5, 0.6) is 0 Å². The molecule has 1 N–H and O–H groups in total. The highest BCUT2D eigenvalue weighted by Crippen LogP contribution is 2.35. The molecule has 2 fully saturated rings. The molecule has 1 saturated heterocycles. The van der Waals surface area contributed by atoms with Gasteiger partial charge in [-0.1, -0.05) is 25.0 Å². The van der Waals surface area contributed by atoms with Gasteiger partial charge < -0.3 is 5.32 Å². The summed E-state index contributed by atoms with van der Waals surface area (Å²) in [6, 6.07) is 6.19. The first kappa shape index (κ1) is 14.9. The third-order valence-corrected chi connectivity index (χ3v) is 5.13. The van der Waals surface area contributed by atoms with Crippen LogP contribution < -0.4 is 5.32 Å². The van der Waals surface area contributed by atoms with Crippen LogP contribution in [0.25, 0.3) is 0 Å². The Hall–Kier alpha value is -2.70. The molecule has 2 aliphatic heterocycles. The van der Waals surface area contributed by atoms with Gasteiger partial charge in [0, 0.05) is 13.1 Å². The third kappa shape index (κ3) is 1.97. The standard InChI is InChI=1S/C17H17N3O4/c21-13-11-5-1-2-6-12(11)14(22)19(13)9-10-20-15(23)17(18-16(20)24)7-3-4-8-17/h1-2,5-6H,3-4,7-10H2,(H,18,24). The summed E-state index contributed by atoms with van der Waals surface area (Å²) in [5.41, 5.74) is -0.0297. The Labute approximate surface area is 138 Å². The van der Waals surface area contributed by atoms with E-state index in [0.29, 0.717) is 24.0 Å². The molecule has 0 atom stereocenters. The third-order valence-electron chi connectivity index (χ3n) is 5.13. The highest BCUT2D eigenvalue weighted by molar-refractivity contribution is 6.21. The van der Waals surface area contributed by atoms with Crippen molar-refractivity contribution >= 4 is 23.8 Å². The topological polar surface area (TPSA) is 86.8 Å². The van der Waals surface area contributed by atoms with Crippen molar-refractivity contribution in [1.82, 2.24) is 15.1 Å². The number of imide groups is 2. The van der Waals surface area contributed by atoms with Gasteiger partial charge in [-0.25, -0.2) is 4.79 Å². The van der Waals surface area contributed by atoms with Gasteiger partial charge >= 0.3 is 6.03 Å². The largest absolute Gasteiger partial charge is 0.325 e. The van der Waals surface area contributed by atoms with Gasteiger partial charge in [0.15, 0.2) is 0 Å². The van der Waals surface area contributed by atoms with Crippen LogP contribution in [0.15, 0.2) is 24.3 Å². The van der Waals surface area contributed by atoms with Crippen molar-refractivity contribution in [2.24, 2.45) is 0 Å². The van der Waals surface area contributed by atoms with Crippen molar-refractivity contribution in [1.29, 1.82) is 0 Å². The lowest BCUT2D eigenvalue weighted by atomic mass is 9.98. The van der Waals surface area contributed by atoms with Crippen molar-refractivity contribution in [3.8, 4) is 0 Å². The molecule has 4 rings (SSSR count). The lowest BCUT2D eigenvalue weighted by Crippen LogP contribution is -2.45. The fourth-order valence-corrected chi connectivity index (χ4v) is 3.84. The Morgan fingerprint density at radius 3 is 2.00 bits per heavy atom. The number of rotatable bonds is 3. The summed E-state index contributed by atoms with van der Waals surface area (Å²) in [5.74, 6) is -0.988. The van der Waals surface area contributed by atoms with Crippen LogP contribution in [0.3, 0.4) is 0 Å². The summed E-state index contributed by atoms with van der Waals surface area (Å²) in [5, 5.41) is 2.79. The highest BCUT2D eigenvalue weighted by Gasteiger charge is 2.52. The minimum atomic E-state index is -0.765. The van der Waals surface area contributed by atoms with Gasteiger partial charge in [-0.05, 0) is 25.0 Å². The minimum absolute atomic E-state index is 0.0155. The molecule has 0 aromatic heterocycles. The SMILES string of the molecule is O=C1NC2(CCCC2)C(=O)N1CCN1C(=O)c2ccccc2C1=O.